The third kappa shape index (κ3) is 31.1. The third-order valence-corrected chi connectivity index (χ3v) is 18.9. The molecule has 5 aromatic rings. The van der Waals surface area contributed by atoms with Crippen molar-refractivity contribution in [2.24, 2.45) is 28.6 Å². The molecule has 1 heterocycles. The Morgan fingerprint density at radius 2 is 0.831 bits per heavy atom. The van der Waals surface area contributed by atoms with Crippen LogP contribution < -0.4 is 24.2 Å². The van der Waals surface area contributed by atoms with E-state index in [0.29, 0.717) is 29.0 Å². The normalized spacial score (nSPS) is 14.7. The van der Waals surface area contributed by atoms with Crippen LogP contribution in [0.1, 0.15) is 260 Å². The van der Waals surface area contributed by atoms with Crippen LogP contribution in [0.3, 0.4) is 0 Å². The van der Waals surface area contributed by atoms with Gasteiger partial charge in [-0.2, -0.15) is 0 Å². The first-order valence-electron chi connectivity index (χ1n) is 33.7. The van der Waals surface area contributed by atoms with Gasteiger partial charge >= 0.3 is 0 Å². The fourth-order valence-corrected chi connectivity index (χ4v) is 12.9. The maximum absolute atomic E-state index is 12.2. The SMILES string of the molecule is C=S(=O)(CC(C)C)NCc1cccc(C(C)(C)C)c1.CC(C)(C)C1CCCCC1.CC(C)(C)C1CNC1.CCCc1cccc(C(C)(C)C)c1.COc1cccc(C(C)(C)C)c1C.COc1cccc(C(C)(C)C)c1C.COc1cccc(C(C)(C)C)c1C. The van der Waals surface area contributed by atoms with Crippen molar-refractivity contribution in [1.29, 1.82) is 0 Å². The number of aryl methyl sites for hydroxylation is 1. The van der Waals surface area contributed by atoms with Gasteiger partial charge in [-0.25, -0.2) is 4.72 Å². The summed E-state index contributed by atoms with van der Waals surface area (Å²) in [5, 5.41) is 3.27. The molecule has 7 heteroatoms. The van der Waals surface area contributed by atoms with Crippen molar-refractivity contribution in [2.75, 3.05) is 40.2 Å². The Kier molecular flexibility index (Phi) is 33.9. The molecule has 89 heavy (non-hydrogen) atoms. The Hall–Kier alpha value is -4.56. The molecule has 2 aliphatic rings. The first kappa shape index (κ1) is 82.5. The zero-order chi connectivity index (χ0) is 68.6. The number of rotatable bonds is 10. The lowest BCUT2D eigenvalue weighted by Crippen LogP contribution is -2.48. The van der Waals surface area contributed by atoms with Gasteiger partial charge < -0.3 is 19.5 Å². The van der Waals surface area contributed by atoms with Crippen LogP contribution in [0.4, 0.5) is 0 Å². The second kappa shape index (κ2) is 36.6. The van der Waals surface area contributed by atoms with Gasteiger partial charge in [0.25, 0.3) is 0 Å². The summed E-state index contributed by atoms with van der Waals surface area (Å²) in [5.74, 6) is 9.67. The maximum atomic E-state index is 12.2. The van der Waals surface area contributed by atoms with Gasteiger partial charge in [-0.05, 0) is 188 Å². The number of benzene rings is 5. The minimum absolute atomic E-state index is 0.139. The monoisotopic (exact) mass is 1250 g/mol. The number of ether oxygens (including phenoxy) is 3. The highest BCUT2D eigenvalue weighted by Gasteiger charge is 2.29. The maximum Gasteiger partial charge on any atom is 0.122 e. The van der Waals surface area contributed by atoms with Crippen LogP contribution >= 0.6 is 0 Å². The average molecular weight is 1250 g/mol. The summed E-state index contributed by atoms with van der Waals surface area (Å²) in [4.78, 5) is 0. The van der Waals surface area contributed by atoms with E-state index in [1.54, 1.807) is 21.3 Å². The molecule has 0 spiro atoms. The highest BCUT2D eigenvalue weighted by molar-refractivity contribution is 7.98. The quantitative estimate of drug-likeness (QED) is 0.136. The van der Waals surface area contributed by atoms with Gasteiger partial charge in [0, 0.05) is 22.0 Å². The van der Waals surface area contributed by atoms with Crippen molar-refractivity contribution in [2.45, 2.75) is 266 Å². The molecule has 1 aliphatic carbocycles. The molecule has 0 amide bonds. The van der Waals surface area contributed by atoms with E-state index in [2.05, 4.69) is 270 Å². The van der Waals surface area contributed by atoms with Crippen LogP contribution in [-0.2, 0) is 49.7 Å². The second-order valence-electron chi connectivity index (χ2n) is 32.9. The molecule has 504 valence electrons. The van der Waals surface area contributed by atoms with Crippen LogP contribution in [0.5, 0.6) is 17.2 Å². The van der Waals surface area contributed by atoms with Crippen molar-refractivity contribution in [3.8, 4) is 17.2 Å². The van der Waals surface area contributed by atoms with E-state index in [-0.39, 0.29) is 27.1 Å². The minimum atomic E-state index is -2.18. The van der Waals surface area contributed by atoms with E-state index >= 15 is 0 Å². The summed E-state index contributed by atoms with van der Waals surface area (Å²) in [6.07, 6.45) is 9.81. The standard InChI is InChI=1S/C16H27NOS.C13H20.3C12H18O.C10H20.C7H15N/c1-13(2)12-19(6,18)17-11-14-8-7-9-15(10-14)16(3,4)5;1-5-7-11-8-6-9-12(10-11)13(2,3)4;3*1-9-10(12(2,3)4)7-6-8-11(9)13-5;1-10(2,3)9-7-5-4-6-8-9;1-7(2,3)6-4-8-5-6/h7-10,13H,6,11-12H2,1-5H3,(H,17,18);6,8-10H,5,7H2,1-4H3;3*6-8H,1-5H3;9H,4-8H2,1-3H3;6,8H,4-5H2,1-3H3. The average Bonchev–Trinajstić information content (AvgIpc) is 3.14. The van der Waals surface area contributed by atoms with Gasteiger partial charge in [0.05, 0.1) is 21.3 Å². The summed E-state index contributed by atoms with van der Waals surface area (Å²) >= 11 is 0. The van der Waals surface area contributed by atoms with Gasteiger partial charge in [-0.1, -0.05) is 277 Å². The summed E-state index contributed by atoms with van der Waals surface area (Å²) in [7, 11) is 2.97. The molecular formula is C82H136N2O4S. The van der Waals surface area contributed by atoms with Gasteiger partial charge in [0.2, 0.25) is 0 Å². The zero-order valence-electron chi connectivity index (χ0n) is 63.1. The van der Waals surface area contributed by atoms with Crippen molar-refractivity contribution < 1.29 is 18.4 Å². The minimum Gasteiger partial charge on any atom is -0.496 e. The lowest BCUT2D eigenvalue weighted by atomic mass is 9.72. The molecular weight excluding hydrogens is 1110 g/mol. The lowest BCUT2D eigenvalue weighted by molar-refractivity contribution is 0.165. The molecule has 0 aromatic heterocycles. The zero-order valence-corrected chi connectivity index (χ0v) is 63.9. The molecule has 7 rings (SSSR count). The fraction of sp³-hybridized carbons (Fsp3) is 0.622. The summed E-state index contributed by atoms with van der Waals surface area (Å²) in [6, 6.07) is 36.0. The number of hydrogen-bond donors (Lipinski definition) is 2. The molecule has 1 atom stereocenters. The number of methoxy groups -OCH3 is 3. The highest BCUT2D eigenvalue weighted by Crippen LogP contribution is 2.38. The predicted molar refractivity (Wildman–Crippen MR) is 397 cm³/mol. The number of hydrogen-bond acceptors (Lipinski definition) is 5. The van der Waals surface area contributed by atoms with Crippen molar-refractivity contribution in [1.82, 2.24) is 10.0 Å². The molecule has 0 radical (unpaired) electrons. The largest absolute Gasteiger partial charge is 0.496 e. The van der Waals surface area contributed by atoms with Crippen LogP contribution in [0.15, 0.2) is 103 Å². The van der Waals surface area contributed by atoms with Crippen molar-refractivity contribution in [3.63, 3.8) is 0 Å². The van der Waals surface area contributed by atoms with E-state index in [1.165, 1.54) is 108 Å². The fourth-order valence-electron chi connectivity index (χ4n) is 11.3. The smallest absolute Gasteiger partial charge is 0.122 e. The molecule has 5 aromatic carbocycles. The Balaban J connectivity index is 0.000000526. The summed E-state index contributed by atoms with van der Waals surface area (Å²) in [6.45, 7) is 63.1. The van der Waals surface area contributed by atoms with E-state index in [1.807, 2.05) is 36.4 Å². The predicted octanol–water partition coefficient (Wildman–Crippen LogP) is 22.1. The van der Waals surface area contributed by atoms with E-state index < -0.39 is 9.71 Å². The Morgan fingerprint density at radius 3 is 1.09 bits per heavy atom. The first-order chi connectivity index (χ1) is 40.7. The van der Waals surface area contributed by atoms with Gasteiger partial charge in [0.1, 0.15) is 17.2 Å². The second-order valence-corrected chi connectivity index (χ2v) is 35.2. The van der Waals surface area contributed by atoms with E-state index in [0.717, 1.165) is 34.6 Å². The molecule has 1 unspecified atom stereocenters. The Labute approximate surface area is 551 Å². The molecule has 0 bridgehead atoms. The van der Waals surface area contributed by atoms with Crippen LogP contribution in [0.2, 0.25) is 0 Å². The van der Waals surface area contributed by atoms with E-state index in [4.69, 9.17) is 14.2 Å². The lowest BCUT2D eigenvalue weighted by Gasteiger charge is -2.38. The van der Waals surface area contributed by atoms with Gasteiger partial charge in [0.15, 0.2) is 0 Å². The molecule has 2 fully saturated rings. The third-order valence-electron chi connectivity index (χ3n) is 17.0. The molecule has 1 saturated heterocycles. The van der Waals surface area contributed by atoms with Crippen molar-refractivity contribution in [3.05, 3.63) is 159 Å². The van der Waals surface area contributed by atoms with E-state index in [9.17, 15) is 4.21 Å². The summed E-state index contributed by atoms with van der Waals surface area (Å²) < 4.78 is 31.2. The molecule has 1 saturated carbocycles. The van der Waals surface area contributed by atoms with Gasteiger partial charge in [-0.15, -0.1) is 0 Å². The molecule has 1 aliphatic heterocycles. The Morgan fingerprint density at radius 1 is 0.494 bits per heavy atom. The highest BCUT2D eigenvalue weighted by atomic mass is 32.2. The first-order valence-corrected chi connectivity index (χ1v) is 35.6. The topological polar surface area (TPSA) is 68.8 Å². The van der Waals surface area contributed by atoms with Gasteiger partial charge in [-0.3, -0.25) is 4.21 Å². The van der Waals surface area contributed by atoms with Crippen LogP contribution in [0.25, 0.3) is 0 Å². The molecule has 6 nitrogen and oxygen atoms in total. The summed E-state index contributed by atoms with van der Waals surface area (Å²) in [5.41, 5.74) is 15.3. The molecule has 2 N–H and O–H groups in total. The van der Waals surface area contributed by atoms with Crippen LogP contribution in [0, 0.1) is 49.4 Å². The number of nitrogens with one attached hydrogen (secondary N) is 2. The Bertz CT molecular complexity index is 2760. The van der Waals surface area contributed by atoms with Crippen LogP contribution in [-0.4, -0.2) is 50.3 Å². The van der Waals surface area contributed by atoms with Crippen molar-refractivity contribution >= 4 is 15.6 Å².